The van der Waals surface area contributed by atoms with E-state index >= 15 is 0 Å². The number of carbonyl (C=O) groups is 1. The quantitative estimate of drug-likeness (QED) is 0.253. The van der Waals surface area contributed by atoms with E-state index in [-0.39, 0.29) is 23.5 Å². The van der Waals surface area contributed by atoms with Gasteiger partial charge < -0.3 is 9.80 Å². The van der Waals surface area contributed by atoms with E-state index in [1.165, 1.54) is 19.1 Å². The van der Waals surface area contributed by atoms with Crippen molar-refractivity contribution in [1.82, 2.24) is 9.80 Å². The van der Waals surface area contributed by atoms with Gasteiger partial charge in [-0.25, -0.2) is 4.39 Å². The number of nitrogens with zero attached hydrogens (tertiary/aromatic N) is 2. The van der Waals surface area contributed by atoms with Crippen LogP contribution in [0.25, 0.3) is 0 Å². The maximum atomic E-state index is 13.9. The van der Waals surface area contributed by atoms with E-state index in [2.05, 4.69) is 4.90 Å². The molecule has 1 atom stereocenters. The third-order valence-corrected chi connectivity index (χ3v) is 9.93. The number of piperidine rings is 1. The molecule has 3 aromatic carbocycles. The van der Waals surface area contributed by atoms with E-state index in [0.29, 0.717) is 30.9 Å². The van der Waals surface area contributed by atoms with E-state index in [1.54, 1.807) is 11.9 Å². The van der Waals surface area contributed by atoms with Crippen LogP contribution in [0, 0.1) is 5.82 Å². The molecule has 5 rings (SSSR count). The van der Waals surface area contributed by atoms with Gasteiger partial charge in [0, 0.05) is 13.1 Å². The number of rotatable bonds is 6. The Balaban J connectivity index is 1.34. The maximum Gasteiger partial charge on any atom is 0.416 e. The van der Waals surface area contributed by atoms with Gasteiger partial charge in [-0.3, -0.25) is 4.79 Å². The van der Waals surface area contributed by atoms with Gasteiger partial charge >= 0.3 is 12.4 Å². The summed E-state index contributed by atoms with van der Waals surface area (Å²) in [5.74, 6) is -1.65. The van der Waals surface area contributed by atoms with Crippen molar-refractivity contribution in [2.75, 3.05) is 20.1 Å². The summed E-state index contributed by atoms with van der Waals surface area (Å²) in [5, 5.41) is 0. The predicted molar refractivity (Wildman–Crippen MR) is 158 cm³/mol. The summed E-state index contributed by atoms with van der Waals surface area (Å²) in [4.78, 5) is 18.0. The molecule has 1 saturated heterocycles. The van der Waals surface area contributed by atoms with Crippen LogP contribution in [-0.2, 0) is 22.7 Å². The Morgan fingerprint density at radius 1 is 0.822 bits per heavy atom. The molecule has 0 unspecified atom stereocenters. The van der Waals surface area contributed by atoms with Crippen LogP contribution in [0.1, 0.15) is 85.1 Å². The lowest BCUT2D eigenvalue weighted by atomic mass is 9.72. The highest BCUT2D eigenvalue weighted by atomic mass is 19.4. The molecular weight excluding hydrogens is 597 g/mol. The molecule has 10 heteroatoms. The first kappa shape index (κ1) is 33.0. The first-order chi connectivity index (χ1) is 21.2. The molecule has 0 spiro atoms. The van der Waals surface area contributed by atoms with Crippen LogP contribution in [0.2, 0.25) is 0 Å². The zero-order valence-corrected chi connectivity index (χ0v) is 25.3. The van der Waals surface area contributed by atoms with E-state index in [0.717, 1.165) is 49.9 Å². The van der Waals surface area contributed by atoms with Crippen LogP contribution in [0.4, 0.5) is 30.7 Å². The van der Waals surface area contributed by atoms with Gasteiger partial charge in [0.05, 0.1) is 22.6 Å². The zero-order chi connectivity index (χ0) is 32.6. The van der Waals surface area contributed by atoms with Crippen LogP contribution in [0.5, 0.6) is 0 Å². The second-order valence-electron chi connectivity index (χ2n) is 12.4. The highest BCUT2D eigenvalue weighted by molar-refractivity contribution is 5.84. The Hall–Kier alpha value is -3.40. The monoisotopic (exact) mass is 634 g/mol. The molecule has 2 aliphatic rings. The van der Waals surface area contributed by atoms with E-state index < -0.39 is 40.8 Å². The van der Waals surface area contributed by atoms with Gasteiger partial charge in [0.15, 0.2) is 0 Å². The third kappa shape index (κ3) is 7.05. The number of amides is 1. The highest BCUT2D eigenvalue weighted by Gasteiger charge is 2.45. The van der Waals surface area contributed by atoms with Crippen molar-refractivity contribution in [3.8, 4) is 0 Å². The minimum atomic E-state index is -5.00. The fourth-order valence-corrected chi connectivity index (χ4v) is 7.22. The van der Waals surface area contributed by atoms with Crippen molar-refractivity contribution in [3.05, 3.63) is 106 Å². The van der Waals surface area contributed by atoms with Crippen LogP contribution >= 0.6 is 0 Å². The second kappa shape index (κ2) is 12.8. The molecule has 0 N–H and O–H groups in total. The number of carbonyl (C=O) groups excluding carboxylic acids is 1. The van der Waals surface area contributed by atoms with Gasteiger partial charge in [0.2, 0.25) is 5.91 Å². The van der Waals surface area contributed by atoms with E-state index in [1.807, 2.05) is 42.5 Å². The lowest BCUT2D eigenvalue weighted by molar-refractivity contribution is -0.144. The number of hydrogen-bond donors (Lipinski definition) is 0. The van der Waals surface area contributed by atoms with Gasteiger partial charge in [-0.15, -0.1) is 0 Å². The minimum absolute atomic E-state index is 0.0829. The zero-order valence-electron chi connectivity index (χ0n) is 25.3. The number of alkyl halides is 6. The molecule has 2 fully saturated rings. The van der Waals surface area contributed by atoms with Gasteiger partial charge in [-0.05, 0) is 111 Å². The van der Waals surface area contributed by atoms with Crippen LogP contribution in [-0.4, -0.2) is 41.9 Å². The molecular formula is C35H37F7N2O. The Morgan fingerprint density at radius 3 is 1.87 bits per heavy atom. The first-order valence-electron chi connectivity index (χ1n) is 15.3. The van der Waals surface area contributed by atoms with Gasteiger partial charge in [0.25, 0.3) is 0 Å². The molecule has 0 aromatic heterocycles. The SMILES string of the molecule is C[C@H](C(=O)N(C)C1(c2ccccc2)CCC(N2CCC(c3ccc(F)cc3)CC2)CC1)c1cc(C(F)(F)F)cc(C(F)(F)F)c1. The third-order valence-electron chi connectivity index (χ3n) is 9.93. The molecule has 1 aliphatic heterocycles. The van der Waals surface area contributed by atoms with Crippen LogP contribution in [0.15, 0.2) is 72.8 Å². The Kier molecular flexibility index (Phi) is 9.36. The molecule has 45 heavy (non-hydrogen) atoms. The molecule has 1 saturated carbocycles. The number of likely N-dealkylation sites (N-methyl/N-ethyl adjacent to an activating group) is 1. The molecule has 1 heterocycles. The Bertz CT molecular complexity index is 1420. The van der Waals surface area contributed by atoms with E-state index in [4.69, 9.17) is 0 Å². The van der Waals surface area contributed by atoms with Gasteiger partial charge in [-0.2, -0.15) is 26.3 Å². The van der Waals surface area contributed by atoms with E-state index in [9.17, 15) is 35.5 Å². The molecule has 1 amide bonds. The van der Waals surface area contributed by atoms with Gasteiger partial charge in [-0.1, -0.05) is 42.5 Å². The molecule has 1 aliphatic carbocycles. The average molecular weight is 635 g/mol. The predicted octanol–water partition coefficient (Wildman–Crippen LogP) is 9.14. The van der Waals surface area contributed by atoms with Crippen LogP contribution in [0.3, 0.4) is 0 Å². The second-order valence-corrected chi connectivity index (χ2v) is 12.4. The number of halogens is 7. The Morgan fingerprint density at radius 2 is 1.36 bits per heavy atom. The summed E-state index contributed by atoms with van der Waals surface area (Å²) in [6.45, 7) is 3.16. The Labute approximate surface area is 259 Å². The first-order valence-corrected chi connectivity index (χ1v) is 15.3. The summed E-state index contributed by atoms with van der Waals surface area (Å²) >= 11 is 0. The van der Waals surface area contributed by atoms with Crippen molar-refractivity contribution in [1.29, 1.82) is 0 Å². The lowest BCUT2D eigenvalue weighted by Crippen LogP contribution is -2.53. The number of hydrogen-bond acceptors (Lipinski definition) is 2. The average Bonchev–Trinajstić information content (AvgIpc) is 3.03. The molecule has 0 radical (unpaired) electrons. The summed E-state index contributed by atoms with van der Waals surface area (Å²) < 4.78 is 94.8. The maximum absolute atomic E-state index is 13.9. The normalized spacial score (nSPS) is 22.6. The molecule has 242 valence electrons. The standard InChI is InChI=1S/C35H37F7N2O/c1-23(26-20-28(34(37,38)39)22-29(21-26)35(40,41)42)32(45)43(2)33(27-6-4-3-5-7-27)16-12-31(13-17-33)44-18-14-25(15-19-44)24-8-10-30(36)11-9-24/h3-11,20-23,25,31H,12-19H2,1-2H3/t23-,31?,33?/m0/s1. The van der Waals surface area contributed by atoms with Crippen molar-refractivity contribution in [2.24, 2.45) is 0 Å². The largest absolute Gasteiger partial charge is 0.416 e. The van der Waals surface area contributed by atoms with Crippen molar-refractivity contribution in [2.45, 2.75) is 81.2 Å². The molecule has 3 aromatic rings. The number of likely N-dealkylation sites (tertiary alicyclic amines) is 1. The topological polar surface area (TPSA) is 23.6 Å². The van der Waals surface area contributed by atoms with Crippen LogP contribution < -0.4 is 0 Å². The smallest absolute Gasteiger partial charge is 0.335 e. The summed E-state index contributed by atoms with van der Waals surface area (Å²) in [6, 6.07) is 17.8. The molecule has 0 bridgehead atoms. The minimum Gasteiger partial charge on any atom is -0.335 e. The highest BCUT2D eigenvalue weighted by Crippen LogP contribution is 2.45. The summed E-state index contributed by atoms with van der Waals surface area (Å²) in [5.41, 5.74) is -1.92. The fourth-order valence-electron chi connectivity index (χ4n) is 7.22. The van der Waals surface area contributed by atoms with Crippen molar-refractivity contribution >= 4 is 5.91 Å². The fraction of sp³-hybridized carbons (Fsp3) is 0.457. The van der Waals surface area contributed by atoms with Gasteiger partial charge in [0.1, 0.15) is 5.82 Å². The molecule has 3 nitrogen and oxygen atoms in total. The number of benzene rings is 3. The summed E-state index contributed by atoms with van der Waals surface area (Å²) in [6.07, 6.45) is -5.31. The summed E-state index contributed by atoms with van der Waals surface area (Å²) in [7, 11) is 1.61. The van der Waals surface area contributed by atoms with Crippen molar-refractivity contribution in [3.63, 3.8) is 0 Å². The van der Waals surface area contributed by atoms with Crippen molar-refractivity contribution < 1.29 is 35.5 Å². The lowest BCUT2D eigenvalue weighted by Gasteiger charge is -2.50.